The molecule has 112 valence electrons. The van der Waals surface area contributed by atoms with E-state index >= 15 is 0 Å². The first-order valence-electron chi connectivity index (χ1n) is 6.77. The standard InChI is InChI=1S/C13H21N3O4/c1-13(2,3)19-12(18)16-7-9(8-16)6-11-14-10(4-5-17)15-20-11/h9,17H,4-8H2,1-3H3. The molecule has 0 bridgehead atoms. The van der Waals surface area contributed by atoms with Crippen molar-refractivity contribution in [3.05, 3.63) is 11.7 Å². The van der Waals surface area contributed by atoms with Crippen LogP contribution in [-0.2, 0) is 17.6 Å². The highest BCUT2D eigenvalue weighted by molar-refractivity contribution is 5.69. The third-order valence-electron chi connectivity index (χ3n) is 2.92. The summed E-state index contributed by atoms with van der Waals surface area (Å²) in [6.45, 7) is 6.85. The number of hydrogen-bond acceptors (Lipinski definition) is 6. The van der Waals surface area contributed by atoms with Crippen LogP contribution in [0, 0.1) is 5.92 Å². The number of aliphatic hydroxyl groups is 1. The maximum atomic E-state index is 11.8. The minimum atomic E-state index is -0.464. The molecular formula is C13H21N3O4. The van der Waals surface area contributed by atoms with Gasteiger partial charge in [-0.1, -0.05) is 5.16 Å². The van der Waals surface area contributed by atoms with Gasteiger partial charge in [0.15, 0.2) is 5.82 Å². The second-order valence-corrected chi connectivity index (χ2v) is 6.03. The van der Waals surface area contributed by atoms with Crippen LogP contribution >= 0.6 is 0 Å². The Bertz CT molecular complexity index is 460. The molecule has 1 amide bonds. The van der Waals surface area contributed by atoms with Gasteiger partial charge in [0.1, 0.15) is 5.60 Å². The Hall–Kier alpha value is -1.63. The fraction of sp³-hybridized carbons (Fsp3) is 0.769. The Kier molecular flexibility index (Phi) is 4.27. The lowest BCUT2D eigenvalue weighted by atomic mass is 9.97. The van der Waals surface area contributed by atoms with Crippen LogP contribution in [-0.4, -0.2) is 51.5 Å². The van der Waals surface area contributed by atoms with E-state index in [-0.39, 0.29) is 12.7 Å². The number of likely N-dealkylation sites (tertiary alicyclic amines) is 1. The van der Waals surface area contributed by atoms with Crippen molar-refractivity contribution in [1.29, 1.82) is 0 Å². The first-order chi connectivity index (χ1) is 9.37. The molecule has 2 heterocycles. The lowest BCUT2D eigenvalue weighted by molar-refractivity contribution is -0.00187. The first-order valence-corrected chi connectivity index (χ1v) is 6.77. The minimum Gasteiger partial charge on any atom is -0.444 e. The van der Waals surface area contributed by atoms with Crippen molar-refractivity contribution in [3.8, 4) is 0 Å². The maximum absolute atomic E-state index is 11.8. The van der Waals surface area contributed by atoms with Gasteiger partial charge in [-0.3, -0.25) is 0 Å². The molecule has 1 fully saturated rings. The summed E-state index contributed by atoms with van der Waals surface area (Å²) in [6, 6.07) is 0. The average Bonchev–Trinajstić information content (AvgIpc) is 2.68. The number of carbonyl (C=O) groups is 1. The Morgan fingerprint density at radius 1 is 1.50 bits per heavy atom. The van der Waals surface area contributed by atoms with Gasteiger partial charge in [-0.2, -0.15) is 4.98 Å². The van der Waals surface area contributed by atoms with Crippen molar-refractivity contribution in [2.24, 2.45) is 5.92 Å². The number of ether oxygens (including phenoxy) is 1. The largest absolute Gasteiger partial charge is 0.444 e. The highest BCUT2D eigenvalue weighted by Crippen LogP contribution is 2.22. The SMILES string of the molecule is CC(C)(C)OC(=O)N1CC(Cc2nc(CCO)no2)C1. The molecule has 0 aliphatic carbocycles. The lowest BCUT2D eigenvalue weighted by Gasteiger charge is -2.39. The van der Waals surface area contributed by atoms with Crippen LogP contribution in [0.15, 0.2) is 4.52 Å². The van der Waals surface area contributed by atoms with E-state index in [1.165, 1.54) is 0 Å². The van der Waals surface area contributed by atoms with Crippen LogP contribution in [0.2, 0.25) is 0 Å². The Morgan fingerprint density at radius 2 is 2.20 bits per heavy atom. The van der Waals surface area contributed by atoms with Crippen molar-refractivity contribution in [2.45, 2.75) is 39.2 Å². The number of nitrogens with zero attached hydrogens (tertiary/aromatic N) is 3. The average molecular weight is 283 g/mol. The monoisotopic (exact) mass is 283 g/mol. The molecule has 0 spiro atoms. The Morgan fingerprint density at radius 3 is 2.80 bits per heavy atom. The van der Waals surface area contributed by atoms with Crippen LogP contribution < -0.4 is 0 Å². The van der Waals surface area contributed by atoms with E-state index in [0.717, 1.165) is 0 Å². The molecular weight excluding hydrogens is 262 g/mol. The number of carbonyl (C=O) groups excluding carboxylic acids is 1. The van der Waals surface area contributed by atoms with E-state index < -0.39 is 5.60 Å². The molecule has 0 atom stereocenters. The molecule has 1 aromatic heterocycles. The van der Waals surface area contributed by atoms with Crippen molar-refractivity contribution in [1.82, 2.24) is 15.0 Å². The van der Waals surface area contributed by atoms with Gasteiger partial charge in [0.05, 0.1) is 6.61 Å². The normalized spacial score (nSPS) is 16.1. The number of aromatic nitrogens is 2. The Labute approximate surface area is 117 Å². The highest BCUT2D eigenvalue weighted by Gasteiger charge is 2.34. The fourth-order valence-corrected chi connectivity index (χ4v) is 2.00. The zero-order valence-electron chi connectivity index (χ0n) is 12.1. The van der Waals surface area contributed by atoms with Crippen molar-refractivity contribution < 1.29 is 19.2 Å². The number of amides is 1. The molecule has 0 saturated carbocycles. The van der Waals surface area contributed by atoms with Gasteiger partial charge in [0, 0.05) is 31.8 Å². The molecule has 7 nitrogen and oxygen atoms in total. The van der Waals surface area contributed by atoms with Gasteiger partial charge in [0.2, 0.25) is 5.89 Å². The van der Waals surface area contributed by atoms with E-state index in [4.69, 9.17) is 14.4 Å². The van der Waals surface area contributed by atoms with Gasteiger partial charge in [-0.15, -0.1) is 0 Å². The minimum absolute atomic E-state index is 0.00875. The quantitative estimate of drug-likeness (QED) is 0.887. The third kappa shape index (κ3) is 3.93. The molecule has 1 aromatic rings. The molecule has 0 aromatic carbocycles. The van der Waals surface area contributed by atoms with E-state index in [9.17, 15) is 4.79 Å². The topological polar surface area (TPSA) is 88.7 Å². The van der Waals surface area contributed by atoms with Gasteiger partial charge >= 0.3 is 6.09 Å². The van der Waals surface area contributed by atoms with Crippen LogP contribution in [0.3, 0.4) is 0 Å². The molecule has 1 N–H and O–H groups in total. The second kappa shape index (κ2) is 5.78. The summed E-state index contributed by atoms with van der Waals surface area (Å²) < 4.78 is 10.4. The van der Waals surface area contributed by atoms with Crippen molar-refractivity contribution in [3.63, 3.8) is 0 Å². The van der Waals surface area contributed by atoms with Crippen LogP contribution in [0.1, 0.15) is 32.5 Å². The third-order valence-corrected chi connectivity index (χ3v) is 2.92. The lowest BCUT2D eigenvalue weighted by Crippen LogP contribution is -2.52. The summed E-state index contributed by atoms with van der Waals surface area (Å²) in [7, 11) is 0. The smallest absolute Gasteiger partial charge is 0.410 e. The predicted octanol–water partition coefficient (Wildman–Crippen LogP) is 1.01. The molecule has 0 radical (unpaired) electrons. The summed E-state index contributed by atoms with van der Waals surface area (Å²) >= 11 is 0. The second-order valence-electron chi connectivity index (χ2n) is 6.03. The molecule has 20 heavy (non-hydrogen) atoms. The van der Waals surface area contributed by atoms with Gasteiger partial charge in [0.25, 0.3) is 0 Å². The summed E-state index contributed by atoms with van der Waals surface area (Å²) in [5, 5.41) is 12.5. The molecule has 1 aliphatic rings. The van der Waals surface area contributed by atoms with E-state index in [0.29, 0.717) is 43.6 Å². The first kappa shape index (κ1) is 14.8. The summed E-state index contributed by atoms with van der Waals surface area (Å²) in [6.07, 6.45) is 0.774. The maximum Gasteiger partial charge on any atom is 0.410 e. The molecule has 2 rings (SSSR count). The zero-order valence-corrected chi connectivity index (χ0v) is 12.1. The Balaban J connectivity index is 1.74. The summed E-state index contributed by atoms with van der Waals surface area (Å²) in [5.74, 6) is 1.40. The number of aliphatic hydroxyl groups excluding tert-OH is 1. The van der Waals surface area contributed by atoms with E-state index in [1.807, 2.05) is 20.8 Å². The highest BCUT2D eigenvalue weighted by atomic mass is 16.6. The zero-order chi connectivity index (χ0) is 14.8. The molecule has 7 heteroatoms. The molecule has 0 unspecified atom stereocenters. The van der Waals surface area contributed by atoms with Crippen LogP contribution in [0.4, 0.5) is 4.79 Å². The number of rotatable bonds is 4. The summed E-state index contributed by atoms with van der Waals surface area (Å²) in [5.41, 5.74) is -0.464. The van der Waals surface area contributed by atoms with Crippen molar-refractivity contribution >= 4 is 6.09 Å². The summed E-state index contributed by atoms with van der Waals surface area (Å²) in [4.78, 5) is 17.6. The fourth-order valence-electron chi connectivity index (χ4n) is 2.00. The molecule has 1 saturated heterocycles. The predicted molar refractivity (Wildman–Crippen MR) is 70.1 cm³/mol. The number of hydrogen-bond donors (Lipinski definition) is 1. The molecule has 1 aliphatic heterocycles. The van der Waals surface area contributed by atoms with E-state index in [1.54, 1.807) is 4.90 Å². The van der Waals surface area contributed by atoms with Crippen LogP contribution in [0.25, 0.3) is 0 Å². The van der Waals surface area contributed by atoms with Crippen molar-refractivity contribution in [2.75, 3.05) is 19.7 Å². The van der Waals surface area contributed by atoms with Gasteiger partial charge in [-0.05, 0) is 20.8 Å². The van der Waals surface area contributed by atoms with Gasteiger partial charge < -0.3 is 19.3 Å². The van der Waals surface area contributed by atoms with Crippen LogP contribution in [0.5, 0.6) is 0 Å². The van der Waals surface area contributed by atoms with E-state index in [2.05, 4.69) is 10.1 Å². The van der Waals surface area contributed by atoms with Gasteiger partial charge in [-0.25, -0.2) is 4.79 Å².